The molecule has 0 saturated heterocycles. The van der Waals surface area contributed by atoms with Gasteiger partial charge >= 0.3 is 5.97 Å². The Labute approximate surface area is 190 Å². The molecule has 8 heteroatoms. The molecule has 2 N–H and O–H groups in total. The normalized spacial score (nSPS) is 11.8. The van der Waals surface area contributed by atoms with Crippen LogP contribution in [0.2, 0.25) is 0 Å². The number of nitrogens with one attached hydrogen (secondary N) is 2. The zero-order chi connectivity index (χ0) is 23.4. The number of methoxy groups -OCH3 is 1. The van der Waals surface area contributed by atoms with E-state index in [2.05, 4.69) is 15.5 Å². The minimum absolute atomic E-state index is 0.275. The van der Waals surface area contributed by atoms with Crippen molar-refractivity contribution in [3.63, 3.8) is 0 Å². The fraction of sp³-hybridized carbons (Fsp3) is 0.240. The van der Waals surface area contributed by atoms with Gasteiger partial charge in [0.15, 0.2) is 0 Å². The van der Waals surface area contributed by atoms with Gasteiger partial charge < -0.3 is 24.3 Å². The lowest BCUT2D eigenvalue weighted by molar-refractivity contribution is -0.142. The summed E-state index contributed by atoms with van der Waals surface area (Å²) in [4.78, 5) is 28.6. The first kappa shape index (κ1) is 22.1. The van der Waals surface area contributed by atoms with E-state index in [0.29, 0.717) is 23.5 Å². The largest absolute Gasteiger partial charge is 0.489 e. The van der Waals surface area contributed by atoms with Gasteiger partial charge in [-0.2, -0.15) is 0 Å². The van der Waals surface area contributed by atoms with Crippen molar-refractivity contribution in [1.82, 2.24) is 15.5 Å². The van der Waals surface area contributed by atoms with Gasteiger partial charge in [-0.05, 0) is 43.7 Å². The van der Waals surface area contributed by atoms with E-state index in [1.54, 1.807) is 24.3 Å². The van der Waals surface area contributed by atoms with E-state index in [0.717, 1.165) is 27.7 Å². The van der Waals surface area contributed by atoms with Crippen LogP contribution in [-0.4, -0.2) is 35.2 Å². The SMILES string of the molecule is COC(=O)C(Cc1c[nH]c2ccccc12)NC(=O)c1cccc(OCc2c(C)noc2C)c1. The maximum Gasteiger partial charge on any atom is 0.328 e. The first-order valence-electron chi connectivity index (χ1n) is 10.5. The van der Waals surface area contributed by atoms with Crippen LogP contribution in [0.3, 0.4) is 0 Å². The van der Waals surface area contributed by atoms with E-state index < -0.39 is 17.9 Å². The summed E-state index contributed by atoms with van der Waals surface area (Å²) in [5.41, 5.74) is 3.89. The minimum atomic E-state index is -0.839. The van der Waals surface area contributed by atoms with Crippen molar-refractivity contribution >= 4 is 22.8 Å². The lowest BCUT2D eigenvalue weighted by Gasteiger charge is -2.17. The summed E-state index contributed by atoms with van der Waals surface area (Å²) >= 11 is 0. The van der Waals surface area contributed by atoms with Gasteiger partial charge in [-0.15, -0.1) is 0 Å². The first-order valence-corrected chi connectivity index (χ1v) is 10.5. The van der Waals surface area contributed by atoms with Crippen LogP contribution in [0, 0.1) is 13.8 Å². The smallest absolute Gasteiger partial charge is 0.328 e. The molecule has 0 bridgehead atoms. The molecule has 1 amide bonds. The van der Waals surface area contributed by atoms with Crippen LogP contribution in [0.25, 0.3) is 10.9 Å². The Balaban J connectivity index is 1.47. The molecule has 0 saturated carbocycles. The van der Waals surface area contributed by atoms with Crippen LogP contribution < -0.4 is 10.1 Å². The van der Waals surface area contributed by atoms with Crippen molar-refractivity contribution < 1.29 is 23.6 Å². The molecule has 2 aromatic heterocycles. The number of carbonyl (C=O) groups is 2. The molecular formula is C25H25N3O5. The number of aryl methyl sites for hydroxylation is 2. The highest BCUT2D eigenvalue weighted by molar-refractivity contribution is 5.97. The van der Waals surface area contributed by atoms with Gasteiger partial charge in [0.05, 0.1) is 18.4 Å². The maximum absolute atomic E-state index is 13.0. The predicted molar refractivity (Wildman–Crippen MR) is 122 cm³/mol. The summed E-state index contributed by atoms with van der Waals surface area (Å²) < 4.78 is 15.9. The third-order valence-corrected chi connectivity index (χ3v) is 5.55. The lowest BCUT2D eigenvalue weighted by atomic mass is 10.0. The third kappa shape index (κ3) is 4.90. The number of ether oxygens (including phenoxy) is 2. The van der Waals surface area contributed by atoms with Crippen molar-refractivity contribution in [2.45, 2.75) is 32.9 Å². The average Bonchev–Trinajstić information content (AvgIpc) is 3.39. The Hall–Kier alpha value is -4.07. The number of para-hydroxylation sites is 1. The van der Waals surface area contributed by atoms with E-state index in [1.807, 2.05) is 44.3 Å². The molecule has 33 heavy (non-hydrogen) atoms. The standard InChI is InChI=1S/C25H25N3O5/c1-15-21(16(2)33-28-15)14-32-19-8-6-7-17(11-19)24(29)27-23(25(30)31-3)12-18-13-26-22-10-5-4-9-20(18)22/h4-11,13,23,26H,12,14H2,1-3H3,(H,27,29). The molecule has 170 valence electrons. The maximum atomic E-state index is 13.0. The van der Waals surface area contributed by atoms with Gasteiger partial charge in [-0.25, -0.2) is 4.79 Å². The molecule has 0 spiro atoms. The Morgan fingerprint density at radius 1 is 1.15 bits per heavy atom. The second-order valence-corrected chi connectivity index (χ2v) is 7.73. The highest BCUT2D eigenvalue weighted by Crippen LogP contribution is 2.21. The second-order valence-electron chi connectivity index (χ2n) is 7.73. The summed E-state index contributed by atoms with van der Waals surface area (Å²) in [7, 11) is 1.31. The Morgan fingerprint density at radius 2 is 1.97 bits per heavy atom. The predicted octanol–water partition coefficient (Wildman–Crippen LogP) is 3.87. The van der Waals surface area contributed by atoms with Gasteiger partial charge in [-0.3, -0.25) is 4.79 Å². The number of rotatable bonds is 8. The van der Waals surface area contributed by atoms with E-state index >= 15 is 0 Å². The molecule has 0 radical (unpaired) electrons. The molecular weight excluding hydrogens is 422 g/mol. The van der Waals surface area contributed by atoms with E-state index in [9.17, 15) is 9.59 Å². The number of fused-ring (bicyclic) bond motifs is 1. The van der Waals surface area contributed by atoms with Crippen molar-refractivity contribution in [2.24, 2.45) is 0 Å². The number of nitrogens with zero attached hydrogens (tertiary/aromatic N) is 1. The van der Waals surface area contributed by atoms with Crippen LogP contribution in [0.5, 0.6) is 5.75 Å². The fourth-order valence-corrected chi connectivity index (χ4v) is 3.69. The van der Waals surface area contributed by atoms with E-state index in [1.165, 1.54) is 7.11 Å². The van der Waals surface area contributed by atoms with Crippen LogP contribution in [0.15, 0.2) is 59.3 Å². The van der Waals surface area contributed by atoms with E-state index in [4.69, 9.17) is 14.0 Å². The average molecular weight is 447 g/mol. The topological polar surface area (TPSA) is 106 Å². The molecule has 4 aromatic rings. The number of amides is 1. The third-order valence-electron chi connectivity index (χ3n) is 5.55. The van der Waals surface area contributed by atoms with Crippen molar-refractivity contribution in [1.29, 1.82) is 0 Å². The monoisotopic (exact) mass is 447 g/mol. The molecule has 2 heterocycles. The molecule has 2 aromatic carbocycles. The molecule has 8 nitrogen and oxygen atoms in total. The molecule has 0 fully saturated rings. The number of aromatic amines is 1. The summed E-state index contributed by atoms with van der Waals surface area (Å²) in [5, 5.41) is 7.71. The fourth-order valence-electron chi connectivity index (χ4n) is 3.69. The van der Waals surface area contributed by atoms with Crippen molar-refractivity contribution in [3.05, 3.63) is 82.9 Å². The van der Waals surface area contributed by atoms with E-state index in [-0.39, 0.29) is 6.61 Å². The summed E-state index contributed by atoms with van der Waals surface area (Å²) in [6.45, 7) is 3.94. The lowest BCUT2D eigenvalue weighted by Crippen LogP contribution is -2.43. The van der Waals surface area contributed by atoms with Gasteiger partial charge in [-0.1, -0.05) is 29.4 Å². The molecule has 0 aliphatic heterocycles. The molecule has 0 aliphatic carbocycles. The summed E-state index contributed by atoms with van der Waals surface area (Å²) in [6, 6.07) is 13.7. The molecule has 1 unspecified atom stereocenters. The first-order chi connectivity index (χ1) is 16.0. The van der Waals surface area contributed by atoms with Gasteiger partial charge in [0, 0.05) is 29.1 Å². The zero-order valence-electron chi connectivity index (χ0n) is 18.7. The number of benzene rings is 2. The summed E-state index contributed by atoms with van der Waals surface area (Å²) in [6.07, 6.45) is 2.14. The quantitative estimate of drug-likeness (QED) is 0.397. The number of esters is 1. The zero-order valence-corrected chi connectivity index (χ0v) is 18.7. The molecule has 0 aliphatic rings. The number of hydrogen-bond acceptors (Lipinski definition) is 6. The van der Waals surface area contributed by atoms with Crippen LogP contribution >= 0.6 is 0 Å². The van der Waals surface area contributed by atoms with Gasteiger partial charge in [0.2, 0.25) is 0 Å². The van der Waals surface area contributed by atoms with Crippen LogP contribution in [-0.2, 0) is 22.6 Å². The van der Waals surface area contributed by atoms with Crippen molar-refractivity contribution in [3.8, 4) is 5.75 Å². The number of H-pyrrole nitrogens is 1. The van der Waals surface area contributed by atoms with Crippen molar-refractivity contribution in [2.75, 3.05) is 7.11 Å². The summed E-state index contributed by atoms with van der Waals surface area (Å²) in [5.74, 6) is 0.306. The van der Waals surface area contributed by atoms with Crippen LogP contribution in [0.1, 0.15) is 32.9 Å². The number of hydrogen-bond donors (Lipinski definition) is 2. The van der Waals surface area contributed by atoms with Crippen LogP contribution in [0.4, 0.5) is 0 Å². The van der Waals surface area contributed by atoms with Gasteiger partial charge in [0.25, 0.3) is 5.91 Å². The van der Waals surface area contributed by atoms with Gasteiger partial charge in [0.1, 0.15) is 24.2 Å². The Morgan fingerprint density at radius 3 is 2.73 bits per heavy atom. The molecule has 4 rings (SSSR count). The Kier molecular flexibility index (Phi) is 6.44. The highest BCUT2D eigenvalue weighted by Gasteiger charge is 2.24. The second kappa shape index (κ2) is 9.60. The highest BCUT2D eigenvalue weighted by atomic mass is 16.5. The minimum Gasteiger partial charge on any atom is -0.489 e. The number of aromatic nitrogens is 2. The Bertz CT molecular complexity index is 1270. The number of carbonyl (C=O) groups excluding carboxylic acids is 2. The molecule has 1 atom stereocenters.